The van der Waals surface area contributed by atoms with Crippen molar-refractivity contribution in [3.63, 3.8) is 0 Å². The first-order valence-corrected chi connectivity index (χ1v) is 5.81. The maximum atomic E-state index is 10.9. The second-order valence-electron chi connectivity index (χ2n) is 3.27. The average Bonchev–Trinajstić information content (AvgIpc) is 2.66. The Balaban J connectivity index is 2.28. The molecule has 5 nitrogen and oxygen atoms in total. The highest BCUT2D eigenvalue weighted by Gasteiger charge is 2.10. The number of benzene rings is 1. The van der Waals surface area contributed by atoms with Crippen molar-refractivity contribution in [2.45, 2.75) is 6.92 Å². The van der Waals surface area contributed by atoms with E-state index in [0.29, 0.717) is 16.6 Å². The normalized spacial score (nSPS) is 10.2. The van der Waals surface area contributed by atoms with Gasteiger partial charge in [-0.2, -0.15) is 4.37 Å². The summed E-state index contributed by atoms with van der Waals surface area (Å²) in [6, 6.07) is 4.67. The van der Waals surface area contributed by atoms with Crippen LogP contribution in [0.1, 0.15) is 16.2 Å². The van der Waals surface area contributed by atoms with Gasteiger partial charge in [-0.05, 0) is 25.1 Å². The second kappa shape index (κ2) is 4.68. The van der Waals surface area contributed by atoms with Crippen LogP contribution in [0.2, 0.25) is 5.02 Å². The molecule has 2 rings (SSSR count). The third-order valence-corrected chi connectivity index (χ3v) is 3.03. The predicted octanol–water partition coefficient (Wildman–Crippen LogP) is 2.94. The summed E-state index contributed by atoms with van der Waals surface area (Å²) in [5.41, 5.74) is 0.667. The quantitative estimate of drug-likeness (QED) is 0.896. The molecule has 0 bridgehead atoms. The Morgan fingerprint density at radius 1 is 1.53 bits per heavy atom. The zero-order chi connectivity index (χ0) is 12.4. The van der Waals surface area contributed by atoms with Crippen LogP contribution in [-0.2, 0) is 0 Å². The first-order chi connectivity index (χ1) is 8.06. The lowest BCUT2D eigenvalue weighted by molar-refractivity contribution is 0.0697. The van der Waals surface area contributed by atoms with Crippen LogP contribution in [-0.4, -0.2) is 20.4 Å². The lowest BCUT2D eigenvalue weighted by Crippen LogP contribution is -1.99. The first-order valence-electron chi connectivity index (χ1n) is 4.66. The molecule has 1 aromatic heterocycles. The zero-order valence-electron chi connectivity index (χ0n) is 8.77. The van der Waals surface area contributed by atoms with Crippen molar-refractivity contribution in [1.29, 1.82) is 0 Å². The summed E-state index contributed by atoms with van der Waals surface area (Å²) in [6.45, 7) is 1.78. The van der Waals surface area contributed by atoms with E-state index < -0.39 is 5.97 Å². The third-order valence-electron chi connectivity index (χ3n) is 1.98. The van der Waals surface area contributed by atoms with Crippen molar-refractivity contribution in [1.82, 2.24) is 9.36 Å². The summed E-state index contributed by atoms with van der Waals surface area (Å²) in [6.07, 6.45) is 0. The standard InChI is InChI=1S/C10H8ClN3O2S/c1-5-12-10(17-14-5)13-6-2-3-8(11)7(4-6)9(15)16/h2-4H,1H3,(H,15,16)(H,12,13,14). The van der Waals surface area contributed by atoms with Gasteiger partial charge in [-0.15, -0.1) is 0 Å². The first kappa shape index (κ1) is 11.8. The number of hydrogen-bond donors (Lipinski definition) is 2. The molecular formula is C10H8ClN3O2S. The molecule has 0 radical (unpaired) electrons. The van der Waals surface area contributed by atoms with E-state index in [1.54, 1.807) is 13.0 Å². The van der Waals surface area contributed by atoms with E-state index in [0.717, 1.165) is 0 Å². The summed E-state index contributed by atoms with van der Waals surface area (Å²) in [4.78, 5) is 15.0. The van der Waals surface area contributed by atoms with Gasteiger partial charge in [0.2, 0.25) is 5.13 Å². The zero-order valence-corrected chi connectivity index (χ0v) is 10.3. The molecule has 2 aromatic rings. The van der Waals surface area contributed by atoms with E-state index in [2.05, 4.69) is 14.7 Å². The van der Waals surface area contributed by atoms with Crippen LogP contribution < -0.4 is 5.32 Å². The van der Waals surface area contributed by atoms with Gasteiger partial charge < -0.3 is 10.4 Å². The molecule has 88 valence electrons. The minimum atomic E-state index is -1.06. The second-order valence-corrected chi connectivity index (χ2v) is 4.43. The molecule has 7 heteroatoms. The van der Waals surface area contributed by atoms with Crippen molar-refractivity contribution < 1.29 is 9.90 Å². The van der Waals surface area contributed by atoms with Crippen molar-refractivity contribution in [2.24, 2.45) is 0 Å². The fourth-order valence-electron chi connectivity index (χ4n) is 1.24. The van der Waals surface area contributed by atoms with E-state index >= 15 is 0 Å². The van der Waals surface area contributed by atoms with Gasteiger partial charge in [-0.25, -0.2) is 9.78 Å². The van der Waals surface area contributed by atoms with Gasteiger partial charge >= 0.3 is 5.97 Å². The summed E-state index contributed by atoms with van der Waals surface area (Å²) in [5, 5.41) is 12.7. The Morgan fingerprint density at radius 3 is 2.88 bits per heavy atom. The maximum absolute atomic E-state index is 10.9. The van der Waals surface area contributed by atoms with Crippen LogP contribution in [0.15, 0.2) is 18.2 Å². The van der Waals surface area contributed by atoms with Crippen LogP contribution in [0.25, 0.3) is 0 Å². The lowest BCUT2D eigenvalue weighted by Gasteiger charge is -2.04. The molecule has 0 fully saturated rings. The molecule has 0 spiro atoms. The molecule has 0 aliphatic rings. The van der Waals surface area contributed by atoms with Gasteiger partial charge in [-0.3, -0.25) is 0 Å². The molecule has 0 saturated heterocycles. The Morgan fingerprint density at radius 2 is 2.29 bits per heavy atom. The number of anilines is 2. The van der Waals surface area contributed by atoms with Crippen LogP contribution in [0, 0.1) is 6.92 Å². The van der Waals surface area contributed by atoms with E-state index in [9.17, 15) is 4.79 Å². The van der Waals surface area contributed by atoms with Crippen LogP contribution >= 0.6 is 23.1 Å². The summed E-state index contributed by atoms with van der Waals surface area (Å²) in [5.74, 6) is -0.392. The number of aromatic carboxylic acids is 1. The highest BCUT2D eigenvalue weighted by atomic mass is 35.5. The van der Waals surface area contributed by atoms with E-state index in [1.165, 1.54) is 23.7 Å². The smallest absolute Gasteiger partial charge is 0.337 e. The summed E-state index contributed by atoms with van der Waals surface area (Å²) >= 11 is 6.97. The number of carboxylic acid groups (broad SMARTS) is 1. The number of hydrogen-bond acceptors (Lipinski definition) is 5. The molecule has 0 unspecified atom stereocenters. The number of carbonyl (C=O) groups is 1. The van der Waals surface area contributed by atoms with Crippen LogP contribution in [0.4, 0.5) is 10.8 Å². The van der Waals surface area contributed by atoms with Crippen molar-refractivity contribution in [3.8, 4) is 0 Å². The molecule has 2 N–H and O–H groups in total. The maximum Gasteiger partial charge on any atom is 0.337 e. The van der Waals surface area contributed by atoms with Gasteiger partial charge in [0.15, 0.2) is 0 Å². The molecule has 0 atom stereocenters. The molecule has 1 aromatic carbocycles. The van der Waals surface area contributed by atoms with Crippen molar-refractivity contribution in [2.75, 3.05) is 5.32 Å². The fourth-order valence-corrected chi connectivity index (χ4v) is 2.03. The largest absolute Gasteiger partial charge is 0.478 e. The summed E-state index contributed by atoms with van der Waals surface area (Å²) in [7, 11) is 0. The number of nitrogens with one attached hydrogen (secondary N) is 1. The van der Waals surface area contributed by atoms with E-state index in [4.69, 9.17) is 16.7 Å². The predicted molar refractivity (Wildman–Crippen MR) is 66.3 cm³/mol. The number of nitrogens with zero attached hydrogens (tertiary/aromatic N) is 2. The molecule has 1 heterocycles. The van der Waals surface area contributed by atoms with Gasteiger partial charge in [0.05, 0.1) is 10.6 Å². The number of halogens is 1. The number of rotatable bonds is 3. The van der Waals surface area contributed by atoms with Gasteiger partial charge in [-0.1, -0.05) is 11.6 Å². The highest BCUT2D eigenvalue weighted by molar-refractivity contribution is 7.09. The van der Waals surface area contributed by atoms with Crippen molar-refractivity contribution >= 4 is 39.9 Å². The lowest BCUT2D eigenvalue weighted by atomic mass is 10.2. The highest BCUT2D eigenvalue weighted by Crippen LogP contribution is 2.24. The topological polar surface area (TPSA) is 75.1 Å². The SMILES string of the molecule is Cc1nsc(Nc2ccc(Cl)c(C(=O)O)c2)n1. The van der Waals surface area contributed by atoms with Gasteiger partial charge in [0, 0.05) is 17.2 Å². The molecule has 0 amide bonds. The molecule has 17 heavy (non-hydrogen) atoms. The number of aromatic nitrogens is 2. The van der Waals surface area contributed by atoms with E-state index in [1.807, 2.05) is 0 Å². The molecule has 0 aliphatic carbocycles. The Hall–Kier alpha value is -1.66. The molecule has 0 saturated carbocycles. The van der Waals surface area contributed by atoms with E-state index in [-0.39, 0.29) is 10.6 Å². The monoisotopic (exact) mass is 269 g/mol. The minimum absolute atomic E-state index is 0.0536. The Bertz CT molecular complexity index is 570. The van der Waals surface area contributed by atoms with Crippen LogP contribution in [0.3, 0.4) is 0 Å². The minimum Gasteiger partial charge on any atom is -0.478 e. The fraction of sp³-hybridized carbons (Fsp3) is 0.100. The third kappa shape index (κ3) is 2.72. The van der Waals surface area contributed by atoms with Crippen molar-refractivity contribution in [3.05, 3.63) is 34.6 Å². The molecular weight excluding hydrogens is 262 g/mol. The average molecular weight is 270 g/mol. The summed E-state index contributed by atoms with van der Waals surface area (Å²) < 4.78 is 4.01. The van der Waals surface area contributed by atoms with Gasteiger partial charge in [0.1, 0.15) is 5.82 Å². The Kier molecular flexibility index (Phi) is 3.26. The Labute approximate surface area is 106 Å². The number of aryl methyl sites for hydroxylation is 1. The van der Waals surface area contributed by atoms with Gasteiger partial charge in [0.25, 0.3) is 0 Å². The van der Waals surface area contributed by atoms with Crippen LogP contribution in [0.5, 0.6) is 0 Å². The molecule has 0 aliphatic heterocycles. The number of carboxylic acids is 1.